The molecule has 11 rings (SSSR count). The second-order valence-electron chi connectivity index (χ2n) is 9.57. The Balaban J connectivity index is 1.60. The minimum atomic E-state index is 0.238. The molecule has 9 aliphatic carbocycles. The van der Waals surface area contributed by atoms with Crippen molar-refractivity contribution in [1.29, 1.82) is 0 Å². The fourth-order valence-corrected chi connectivity index (χ4v) is 7.72. The van der Waals surface area contributed by atoms with Crippen LogP contribution in [0.2, 0.25) is 0 Å². The summed E-state index contributed by atoms with van der Waals surface area (Å²) in [4.78, 5) is 13.7. The Bertz CT molecular complexity index is 1040. The molecule has 9 aliphatic rings. The third-order valence-corrected chi connectivity index (χ3v) is 8.77. The Morgan fingerprint density at radius 2 is 1.96 bits per heavy atom. The van der Waals surface area contributed by atoms with E-state index in [0.717, 1.165) is 24.3 Å². The lowest BCUT2D eigenvalue weighted by atomic mass is 9.59. The summed E-state index contributed by atoms with van der Waals surface area (Å²) >= 11 is 0. The number of allylic oxidation sites excluding steroid dienone is 2. The van der Waals surface area contributed by atoms with Crippen molar-refractivity contribution < 1.29 is 4.79 Å². The van der Waals surface area contributed by atoms with E-state index in [1.807, 2.05) is 0 Å². The van der Waals surface area contributed by atoms with Crippen LogP contribution in [-0.2, 0) is 6.42 Å². The zero-order chi connectivity index (χ0) is 17.0. The summed E-state index contributed by atoms with van der Waals surface area (Å²) < 4.78 is 0. The van der Waals surface area contributed by atoms with Crippen LogP contribution in [0, 0.1) is 17.3 Å². The van der Waals surface area contributed by atoms with E-state index in [1.165, 1.54) is 54.9 Å². The summed E-state index contributed by atoms with van der Waals surface area (Å²) in [6.07, 6.45) is 9.87. The molecule has 11 bridgehead atoms. The summed E-state index contributed by atoms with van der Waals surface area (Å²) in [5.74, 6) is 2.19. The zero-order valence-corrected chi connectivity index (χ0v) is 15.2. The van der Waals surface area contributed by atoms with Gasteiger partial charge in [0, 0.05) is 16.9 Å². The molecule has 2 aromatic rings. The Morgan fingerprint density at radius 1 is 1.00 bits per heavy atom. The van der Waals surface area contributed by atoms with Gasteiger partial charge in [-0.25, -0.2) is 0 Å². The average Bonchev–Trinajstić information content (AvgIpc) is 3.24. The molecule has 0 radical (unpaired) electrons. The Hall–Kier alpha value is -1.89. The maximum atomic E-state index is 13.7. The highest BCUT2D eigenvalue weighted by Gasteiger charge is 2.57. The first-order chi connectivity index (χ1) is 12.7. The van der Waals surface area contributed by atoms with Crippen molar-refractivity contribution in [3.05, 3.63) is 58.2 Å². The maximum Gasteiger partial charge on any atom is 0.167 e. The van der Waals surface area contributed by atoms with Crippen molar-refractivity contribution in [2.45, 2.75) is 57.3 Å². The van der Waals surface area contributed by atoms with Crippen molar-refractivity contribution in [2.24, 2.45) is 17.3 Å². The molecule has 1 fully saturated rings. The van der Waals surface area contributed by atoms with E-state index < -0.39 is 0 Å². The molecule has 1 saturated carbocycles. The van der Waals surface area contributed by atoms with Gasteiger partial charge in [-0.3, -0.25) is 4.79 Å². The second kappa shape index (κ2) is 4.50. The number of carbonyl (C=O) groups is 1. The molecule has 0 amide bonds. The third kappa shape index (κ3) is 1.50. The van der Waals surface area contributed by atoms with E-state index in [-0.39, 0.29) is 11.3 Å². The molecule has 1 spiro atoms. The van der Waals surface area contributed by atoms with Crippen molar-refractivity contribution in [3.63, 3.8) is 0 Å². The fourth-order valence-electron chi connectivity index (χ4n) is 7.72. The maximum absolute atomic E-state index is 13.7. The first-order valence-corrected chi connectivity index (χ1v) is 10.6. The van der Waals surface area contributed by atoms with Gasteiger partial charge in [-0.05, 0) is 91.2 Å². The van der Waals surface area contributed by atoms with E-state index in [1.54, 1.807) is 16.7 Å². The van der Waals surface area contributed by atoms with E-state index >= 15 is 0 Å². The van der Waals surface area contributed by atoms with Crippen LogP contribution in [0.4, 0.5) is 0 Å². The van der Waals surface area contributed by atoms with Gasteiger partial charge in [0.15, 0.2) is 5.78 Å². The van der Waals surface area contributed by atoms with Gasteiger partial charge in [0.05, 0.1) is 0 Å². The highest BCUT2D eigenvalue weighted by molar-refractivity contribution is 6.05. The van der Waals surface area contributed by atoms with E-state index in [9.17, 15) is 4.79 Å². The molecule has 2 aromatic carbocycles. The number of ketones is 1. The predicted octanol–water partition coefficient (Wildman–Crippen LogP) is 5.96. The quantitative estimate of drug-likeness (QED) is 0.541. The first kappa shape index (κ1) is 14.2. The topological polar surface area (TPSA) is 17.1 Å². The number of rotatable bonds is 0. The third-order valence-electron chi connectivity index (χ3n) is 8.77. The molecule has 0 aliphatic heterocycles. The summed E-state index contributed by atoms with van der Waals surface area (Å²) in [5, 5.41) is 2.70. The van der Waals surface area contributed by atoms with Crippen LogP contribution in [0.3, 0.4) is 0 Å². The first-order valence-electron chi connectivity index (χ1n) is 10.6. The summed E-state index contributed by atoms with van der Waals surface area (Å²) in [6, 6.07) is 11.4. The minimum absolute atomic E-state index is 0.238. The van der Waals surface area contributed by atoms with Crippen LogP contribution in [0.5, 0.6) is 0 Å². The molecule has 26 heavy (non-hydrogen) atoms. The number of aryl methyl sites for hydroxylation is 1. The van der Waals surface area contributed by atoms with Gasteiger partial charge in [0.1, 0.15) is 0 Å². The van der Waals surface area contributed by atoms with Gasteiger partial charge in [-0.2, -0.15) is 0 Å². The molecule has 4 atom stereocenters. The largest absolute Gasteiger partial charge is 0.294 e. The molecule has 130 valence electrons. The molecular formula is C25H24O. The van der Waals surface area contributed by atoms with Gasteiger partial charge in [0.2, 0.25) is 0 Å². The Morgan fingerprint density at radius 3 is 2.92 bits per heavy atom. The van der Waals surface area contributed by atoms with Crippen LogP contribution < -0.4 is 0 Å². The number of fused-ring (bicyclic) bond motifs is 1. The minimum Gasteiger partial charge on any atom is -0.294 e. The second-order valence-corrected chi connectivity index (χ2v) is 9.57. The van der Waals surface area contributed by atoms with Gasteiger partial charge in [-0.15, -0.1) is 0 Å². The van der Waals surface area contributed by atoms with Crippen LogP contribution in [0.15, 0.2) is 41.5 Å². The molecule has 0 N–H and O–H groups in total. The normalized spacial score (nSPS) is 36.5. The highest BCUT2D eigenvalue weighted by Crippen LogP contribution is 2.67. The van der Waals surface area contributed by atoms with Crippen LogP contribution in [0.1, 0.15) is 72.3 Å². The van der Waals surface area contributed by atoms with E-state index in [4.69, 9.17) is 0 Å². The van der Waals surface area contributed by atoms with Gasteiger partial charge < -0.3 is 0 Å². The molecule has 1 nitrogen and oxygen atoms in total. The van der Waals surface area contributed by atoms with Crippen molar-refractivity contribution in [3.8, 4) is 0 Å². The standard InChI is InChI=1S/C25H24O/c26-24-21-12-14-2-1-3-18-15-4-6-22-20(11-15)17-8-9-25(22,13-17)23(24)7-5-16(21)10-19(14)18/h1-3,10,12,15,17,23H,4-9,11,13H2. The Labute approximate surface area is 154 Å². The molecule has 4 unspecified atom stereocenters. The lowest BCUT2D eigenvalue weighted by Gasteiger charge is -2.43. The smallest absolute Gasteiger partial charge is 0.167 e. The fraction of sp³-hybridized carbons (Fsp3) is 0.480. The lowest BCUT2D eigenvalue weighted by molar-refractivity contribution is 0.0768. The van der Waals surface area contributed by atoms with Crippen LogP contribution in [0.25, 0.3) is 10.8 Å². The SMILES string of the molecule is O=C1c2cc3cccc4c3cc2CCC1C12CCC(C1)C1=C2CCC4C1. The Kier molecular flexibility index (Phi) is 2.46. The highest BCUT2D eigenvalue weighted by atomic mass is 16.1. The van der Waals surface area contributed by atoms with Gasteiger partial charge in [-0.1, -0.05) is 35.4 Å². The van der Waals surface area contributed by atoms with Gasteiger partial charge >= 0.3 is 0 Å². The molecule has 1 heteroatoms. The summed E-state index contributed by atoms with van der Waals surface area (Å²) in [6.45, 7) is 0. The number of Topliss-reactive ketones (excluding diaryl/α,β-unsaturated/α-hetero) is 1. The molecule has 0 aromatic heterocycles. The van der Waals surface area contributed by atoms with E-state index in [2.05, 4.69) is 30.3 Å². The monoisotopic (exact) mass is 340 g/mol. The average molecular weight is 340 g/mol. The van der Waals surface area contributed by atoms with Crippen molar-refractivity contribution in [1.82, 2.24) is 0 Å². The predicted molar refractivity (Wildman–Crippen MR) is 103 cm³/mol. The van der Waals surface area contributed by atoms with Gasteiger partial charge in [0.25, 0.3) is 0 Å². The number of hydrogen-bond donors (Lipinski definition) is 0. The number of hydrogen-bond acceptors (Lipinski definition) is 1. The van der Waals surface area contributed by atoms with Crippen LogP contribution >= 0.6 is 0 Å². The van der Waals surface area contributed by atoms with Crippen molar-refractivity contribution in [2.75, 3.05) is 0 Å². The number of carbonyl (C=O) groups excluding carboxylic acids is 1. The lowest BCUT2D eigenvalue weighted by Crippen LogP contribution is -2.39. The molecular weight excluding hydrogens is 316 g/mol. The summed E-state index contributed by atoms with van der Waals surface area (Å²) in [7, 11) is 0. The molecule has 0 heterocycles. The van der Waals surface area contributed by atoms with Crippen molar-refractivity contribution >= 4 is 16.6 Å². The zero-order valence-electron chi connectivity index (χ0n) is 15.2. The van der Waals surface area contributed by atoms with E-state index in [0.29, 0.717) is 11.7 Å². The molecule has 0 saturated heterocycles. The number of benzene rings is 2. The summed E-state index contributed by atoms with van der Waals surface area (Å²) in [5.41, 5.74) is 7.70. The van der Waals surface area contributed by atoms with Crippen LogP contribution in [-0.4, -0.2) is 5.78 Å².